The normalized spacial score (nSPS) is 15.6. The van der Waals surface area contributed by atoms with Crippen molar-refractivity contribution in [2.45, 2.75) is 0 Å². The Morgan fingerprint density at radius 3 is 2.88 bits per heavy atom. The summed E-state index contributed by atoms with van der Waals surface area (Å²) in [5.41, 5.74) is 1.90. The molecule has 3 heterocycles. The summed E-state index contributed by atoms with van der Waals surface area (Å²) < 4.78 is 7.38. The van der Waals surface area contributed by atoms with Gasteiger partial charge >= 0.3 is 0 Å². The third kappa shape index (κ3) is 3.76. The van der Waals surface area contributed by atoms with Crippen LogP contribution in [0.15, 0.2) is 43.0 Å². The van der Waals surface area contributed by atoms with Crippen LogP contribution in [0.1, 0.15) is 0 Å². The van der Waals surface area contributed by atoms with Crippen molar-refractivity contribution in [1.82, 2.24) is 19.4 Å². The molecule has 4 rings (SSSR count). The number of benzene rings is 1. The molecule has 1 aromatic carbocycles. The Bertz CT molecular complexity index is 846. The molecule has 130 valence electrons. The highest BCUT2D eigenvalue weighted by Gasteiger charge is 2.11. The largest absolute Gasteiger partial charge is 0.379 e. The maximum atomic E-state index is 6.16. The van der Waals surface area contributed by atoms with Crippen LogP contribution in [0.2, 0.25) is 5.02 Å². The Morgan fingerprint density at radius 1 is 1.20 bits per heavy atom. The molecule has 3 aromatic rings. The van der Waals surface area contributed by atoms with Gasteiger partial charge in [0, 0.05) is 55.0 Å². The molecule has 0 amide bonds. The van der Waals surface area contributed by atoms with Crippen molar-refractivity contribution in [3.05, 3.63) is 48.0 Å². The lowest BCUT2D eigenvalue weighted by Crippen LogP contribution is -2.39. The summed E-state index contributed by atoms with van der Waals surface area (Å²) in [6.45, 7) is 5.42. The van der Waals surface area contributed by atoms with Crippen molar-refractivity contribution < 1.29 is 4.74 Å². The summed E-state index contributed by atoms with van der Waals surface area (Å²) in [5.74, 6) is 0.840. The Morgan fingerprint density at radius 2 is 2.08 bits per heavy atom. The van der Waals surface area contributed by atoms with E-state index in [1.165, 1.54) is 0 Å². The van der Waals surface area contributed by atoms with Crippen molar-refractivity contribution in [2.75, 3.05) is 44.7 Å². The van der Waals surface area contributed by atoms with Gasteiger partial charge in [-0.2, -0.15) is 0 Å². The number of morpholine rings is 1. The number of ether oxygens (including phenoxy) is 1. The number of imidazole rings is 1. The predicted octanol–water partition coefficient (Wildman–Crippen LogP) is 2.82. The van der Waals surface area contributed by atoms with Gasteiger partial charge in [0.15, 0.2) is 0 Å². The second-order valence-corrected chi connectivity index (χ2v) is 6.48. The van der Waals surface area contributed by atoms with Gasteiger partial charge in [-0.1, -0.05) is 11.6 Å². The van der Waals surface area contributed by atoms with E-state index < -0.39 is 0 Å². The molecule has 6 nitrogen and oxygen atoms in total. The minimum absolute atomic E-state index is 0.682. The second kappa shape index (κ2) is 7.39. The van der Waals surface area contributed by atoms with E-state index in [4.69, 9.17) is 21.3 Å². The smallest absolute Gasteiger partial charge is 0.128 e. The third-order valence-corrected chi connectivity index (χ3v) is 4.61. The highest BCUT2D eigenvalue weighted by Crippen LogP contribution is 2.26. The summed E-state index contributed by atoms with van der Waals surface area (Å²) in [5, 5.41) is 5.16. The van der Waals surface area contributed by atoms with Crippen molar-refractivity contribution in [3.63, 3.8) is 0 Å². The van der Waals surface area contributed by atoms with E-state index >= 15 is 0 Å². The Balaban J connectivity index is 1.58. The molecule has 0 unspecified atom stereocenters. The standard InChI is InChI=1S/C18H20ClN5O/c19-14-1-2-15-16(11-14)22-18(12-17(15)24-6-3-20-13-24)21-4-5-23-7-9-25-10-8-23/h1-3,6,11-13H,4-5,7-10H2,(H,21,22). The van der Waals surface area contributed by atoms with Gasteiger partial charge < -0.3 is 14.6 Å². The van der Waals surface area contributed by atoms with Crippen molar-refractivity contribution in [3.8, 4) is 5.69 Å². The van der Waals surface area contributed by atoms with E-state index in [1.807, 2.05) is 29.0 Å². The van der Waals surface area contributed by atoms with Gasteiger partial charge in [0.25, 0.3) is 0 Å². The molecule has 1 aliphatic rings. The fourth-order valence-corrected chi connectivity index (χ4v) is 3.22. The molecule has 0 saturated carbocycles. The van der Waals surface area contributed by atoms with Crippen LogP contribution in [0, 0.1) is 0 Å². The Hall–Kier alpha value is -2.15. The first-order valence-corrected chi connectivity index (χ1v) is 8.80. The van der Waals surface area contributed by atoms with Crippen LogP contribution in [0.3, 0.4) is 0 Å². The van der Waals surface area contributed by atoms with Crippen molar-refractivity contribution in [2.24, 2.45) is 0 Å². The fraction of sp³-hybridized carbons (Fsp3) is 0.333. The first kappa shape index (κ1) is 16.3. The van der Waals surface area contributed by atoms with E-state index in [1.54, 1.807) is 12.5 Å². The van der Waals surface area contributed by atoms with E-state index in [9.17, 15) is 0 Å². The van der Waals surface area contributed by atoms with Crippen molar-refractivity contribution in [1.29, 1.82) is 0 Å². The lowest BCUT2D eigenvalue weighted by Gasteiger charge is -2.26. The molecule has 25 heavy (non-hydrogen) atoms. The van der Waals surface area contributed by atoms with Gasteiger partial charge in [-0.15, -0.1) is 0 Å². The minimum Gasteiger partial charge on any atom is -0.379 e. The van der Waals surface area contributed by atoms with Gasteiger partial charge in [-0.05, 0) is 18.2 Å². The fourth-order valence-electron chi connectivity index (χ4n) is 3.06. The molecular formula is C18H20ClN5O. The molecule has 0 radical (unpaired) electrons. The number of hydrogen-bond donors (Lipinski definition) is 1. The molecule has 0 aliphatic carbocycles. The minimum atomic E-state index is 0.682. The molecule has 0 atom stereocenters. The molecule has 1 N–H and O–H groups in total. The van der Waals surface area contributed by atoms with E-state index in [0.717, 1.165) is 61.8 Å². The van der Waals surface area contributed by atoms with Crippen LogP contribution < -0.4 is 5.32 Å². The molecule has 2 aromatic heterocycles. The van der Waals surface area contributed by atoms with Crippen LogP contribution >= 0.6 is 11.6 Å². The SMILES string of the molecule is Clc1ccc2c(-n3ccnc3)cc(NCCN3CCOCC3)nc2c1. The van der Waals surface area contributed by atoms with Crippen LogP contribution in [0.4, 0.5) is 5.82 Å². The molecule has 0 bridgehead atoms. The predicted molar refractivity (Wildman–Crippen MR) is 99.6 cm³/mol. The molecule has 1 saturated heterocycles. The highest BCUT2D eigenvalue weighted by molar-refractivity contribution is 6.31. The number of nitrogens with one attached hydrogen (secondary N) is 1. The van der Waals surface area contributed by atoms with Crippen LogP contribution in [0.5, 0.6) is 0 Å². The second-order valence-electron chi connectivity index (χ2n) is 6.04. The summed E-state index contributed by atoms with van der Waals surface area (Å²) in [7, 11) is 0. The van der Waals surface area contributed by atoms with Gasteiger partial charge in [0.2, 0.25) is 0 Å². The lowest BCUT2D eigenvalue weighted by atomic mass is 10.2. The number of fused-ring (bicyclic) bond motifs is 1. The van der Waals surface area contributed by atoms with E-state index in [-0.39, 0.29) is 0 Å². The lowest BCUT2D eigenvalue weighted by molar-refractivity contribution is 0.0398. The number of anilines is 1. The van der Waals surface area contributed by atoms with Crippen LogP contribution in [-0.2, 0) is 4.74 Å². The number of hydrogen-bond acceptors (Lipinski definition) is 5. The molecule has 1 fully saturated rings. The zero-order valence-corrected chi connectivity index (χ0v) is 14.6. The quantitative estimate of drug-likeness (QED) is 0.761. The first-order valence-electron chi connectivity index (χ1n) is 8.42. The van der Waals surface area contributed by atoms with Crippen LogP contribution in [-0.4, -0.2) is 58.8 Å². The maximum Gasteiger partial charge on any atom is 0.128 e. The summed E-state index contributed by atoms with van der Waals surface area (Å²) in [6.07, 6.45) is 5.50. The van der Waals surface area contributed by atoms with Gasteiger partial charge in [0.1, 0.15) is 5.82 Å². The average Bonchev–Trinajstić information content (AvgIpc) is 3.16. The van der Waals surface area contributed by atoms with Crippen molar-refractivity contribution >= 4 is 28.3 Å². The monoisotopic (exact) mass is 357 g/mol. The molecular weight excluding hydrogens is 338 g/mol. The number of halogens is 1. The Kier molecular flexibility index (Phi) is 4.83. The highest BCUT2D eigenvalue weighted by atomic mass is 35.5. The summed E-state index contributed by atoms with van der Waals surface area (Å²) >= 11 is 6.16. The Labute approximate surface area is 151 Å². The van der Waals surface area contributed by atoms with E-state index in [2.05, 4.69) is 21.3 Å². The number of nitrogens with zero attached hydrogens (tertiary/aromatic N) is 4. The topological polar surface area (TPSA) is 55.2 Å². The van der Waals surface area contributed by atoms with E-state index in [0.29, 0.717) is 5.02 Å². The van der Waals surface area contributed by atoms with Gasteiger partial charge in [-0.3, -0.25) is 4.90 Å². The van der Waals surface area contributed by atoms with Crippen LogP contribution in [0.25, 0.3) is 16.6 Å². The van der Waals surface area contributed by atoms with Gasteiger partial charge in [-0.25, -0.2) is 9.97 Å². The molecule has 1 aliphatic heterocycles. The first-order chi connectivity index (χ1) is 12.3. The maximum absolute atomic E-state index is 6.16. The number of pyridine rings is 1. The number of rotatable bonds is 5. The average molecular weight is 358 g/mol. The molecule has 7 heteroatoms. The summed E-state index contributed by atoms with van der Waals surface area (Å²) in [4.78, 5) is 11.3. The zero-order valence-electron chi connectivity index (χ0n) is 13.9. The van der Waals surface area contributed by atoms with Gasteiger partial charge in [0.05, 0.1) is 30.7 Å². The zero-order chi connectivity index (χ0) is 17.1. The number of aromatic nitrogens is 3. The molecule has 0 spiro atoms. The third-order valence-electron chi connectivity index (χ3n) is 4.37. The summed E-state index contributed by atoms with van der Waals surface area (Å²) in [6, 6.07) is 7.83.